The van der Waals surface area contributed by atoms with Crippen molar-refractivity contribution in [3.63, 3.8) is 0 Å². The van der Waals surface area contributed by atoms with E-state index in [2.05, 4.69) is 11.4 Å². The number of rotatable bonds is 7. The van der Waals surface area contributed by atoms with Gasteiger partial charge < -0.3 is 14.8 Å². The van der Waals surface area contributed by atoms with Gasteiger partial charge in [-0.05, 0) is 68.0 Å². The van der Waals surface area contributed by atoms with Crippen LogP contribution in [-0.4, -0.2) is 24.6 Å². The second kappa shape index (κ2) is 10.4. The topological polar surface area (TPSA) is 88.4 Å². The first-order valence-electron chi connectivity index (χ1n) is 10.5. The predicted molar refractivity (Wildman–Crippen MR) is 117 cm³/mol. The van der Waals surface area contributed by atoms with Gasteiger partial charge >= 0.3 is 5.97 Å². The lowest BCUT2D eigenvalue weighted by Crippen LogP contribution is -2.39. The van der Waals surface area contributed by atoms with Gasteiger partial charge in [0.1, 0.15) is 17.4 Å². The van der Waals surface area contributed by atoms with Crippen LogP contribution in [0.15, 0.2) is 54.1 Å². The van der Waals surface area contributed by atoms with E-state index in [9.17, 15) is 14.9 Å². The van der Waals surface area contributed by atoms with Crippen molar-refractivity contribution < 1.29 is 19.1 Å². The van der Waals surface area contributed by atoms with Gasteiger partial charge in [0.05, 0.1) is 12.6 Å². The Morgan fingerprint density at radius 2 is 1.97 bits per heavy atom. The fourth-order valence-corrected chi connectivity index (χ4v) is 3.60. The van der Waals surface area contributed by atoms with E-state index >= 15 is 0 Å². The summed E-state index contributed by atoms with van der Waals surface area (Å²) in [5.74, 6) is -0.508. The summed E-state index contributed by atoms with van der Waals surface area (Å²) in [6, 6.07) is 16.8. The minimum atomic E-state index is -1.02. The summed E-state index contributed by atoms with van der Waals surface area (Å²) in [5.41, 5.74) is 2.82. The Labute approximate surface area is 182 Å². The molecule has 0 bridgehead atoms. The Balaban J connectivity index is 1.62. The average Bonchev–Trinajstić information content (AvgIpc) is 2.78. The van der Waals surface area contributed by atoms with Crippen LogP contribution < -0.4 is 10.1 Å². The number of ether oxygens (including phenoxy) is 2. The maximum atomic E-state index is 12.6. The number of carbonyl (C=O) groups excluding carboxylic acids is 2. The zero-order chi connectivity index (χ0) is 22.2. The molecule has 0 saturated heterocycles. The van der Waals surface area contributed by atoms with Crippen LogP contribution >= 0.6 is 0 Å². The van der Waals surface area contributed by atoms with Crippen LogP contribution in [0, 0.1) is 11.3 Å². The van der Waals surface area contributed by atoms with Gasteiger partial charge in [-0.1, -0.05) is 36.4 Å². The molecule has 2 atom stereocenters. The number of hydrogen-bond acceptors (Lipinski definition) is 5. The zero-order valence-corrected chi connectivity index (χ0v) is 17.8. The van der Waals surface area contributed by atoms with E-state index in [1.807, 2.05) is 31.2 Å². The molecule has 1 aliphatic rings. The monoisotopic (exact) mass is 418 g/mol. The van der Waals surface area contributed by atoms with Crippen LogP contribution in [0.2, 0.25) is 0 Å². The standard InChI is InChI=1S/C25H26N2O4/c1-3-30-21-13-11-18(12-14-21)15-20(16-26)25(29)31-17(2)24(28)27-23-10-6-8-19-7-4-5-9-22(19)23/h4-5,7,9,11-15,17,23H,3,6,8,10H2,1-2H3,(H,27,28)/b20-15+/t17-,23+/m1/s1. The molecule has 0 heterocycles. The molecule has 0 fully saturated rings. The summed E-state index contributed by atoms with van der Waals surface area (Å²) in [6.07, 6.45) is 3.23. The molecule has 160 valence electrons. The summed E-state index contributed by atoms with van der Waals surface area (Å²) in [6.45, 7) is 3.95. The molecular weight excluding hydrogens is 392 g/mol. The van der Waals surface area contributed by atoms with E-state index < -0.39 is 12.1 Å². The molecular formula is C25H26N2O4. The Morgan fingerprint density at radius 1 is 1.23 bits per heavy atom. The number of amides is 1. The number of nitrogens with one attached hydrogen (secondary N) is 1. The van der Waals surface area contributed by atoms with Gasteiger partial charge in [-0.15, -0.1) is 0 Å². The highest BCUT2D eigenvalue weighted by atomic mass is 16.5. The van der Waals surface area contributed by atoms with Crippen molar-refractivity contribution >= 4 is 18.0 Å². The quantitative estimate of drug-likeness (QED) is 0.415. The van der Waals surface area contributed by atoms with E-state index in [0.717, 1.165) is 24.8 Å². The van der Waals surface area contributed by atoms with Gasteiger partial charge in [0, 0.05) is 0 Å². The highest BCUT2D eigenvalue weighted by Crippen LogP contribution is 2.29. The normalized spacial score (nSPS) is 16.4. The number of carbonyl (C=O) groups is 2. The van der Waals surface area contributed by atoms with Crippen LogP contribution in [-0.2, 0) is 20.7 Å². The minimum Gasteiger partial charge on any atom is -0.494 e. The van der Waals surface area contributed by atoms with Crippen molar-refractivity contribution in [3.05, 3.63) is 70.8 Å². The van der Waals surface area contributed by atoms with Crippen LogP contribution in [0.1, 0.15) is 49.4 Å². The summed E-state index contributed by atoms with van der Waals surface area (Å²) in [5, 5.41) is 12.3. The fourth-order valence-electron chi connectivity index (χ4n) is 3.60. The molecule has 0 aromatic heterocycles. The van der Waals surface area contributed by atoms with E-state index in [-0.39, 0.29) is 17.5 Å². The molecule has 0 unspecified atom stereocenters. The molecule has 0 spiro atoms. The Hall–Kier alpha value is -3.59. The molecule has 31 heavy (non-hydrogen) atoms. The molecule has 1 N–H and O–H groups in total. The number of aryl methyl sites for hydroxylation is 1. The SMILES string of the molecule is CCOc1ccc(/C=C(\C#N)C(=O)O[C@H](C)C(=O)N[C@H]2CCCc3ccccc32)cc1. The van der Waals surface area contributed by atoms with Crippen molar-refractivity contribution in [1.82, 2.24) is 5.32 Å². The third-order valence-corrected chi connectivity index (χ3v) is 5.18. The lowest BCUT2D eigenvalue weighted by atomic mass is 9.87. The molecule has 6 heteroatoms. The largest absolute Gasteiger partial charge is 0.494 e. The Morgan fingerprint density at radius 3 is 2.68 bits per heavy atom. The molecule has 1 aliphatic carbocycles. The van der Waals surface area contributed by atoms with Crippen molar-refractivity contribution in [3.8, 4) is 11.8 Å². The maximum absolute atomic E-state index is 12.6. The molecule has 2 aromatic rings. The van der Waals surface area contributed by atoms with Crippen molar-refractivity contribution in [2.75, 3.05) is 6.61 Å². The number of hydrogen-bond donors (Lipinski definition) is 1. The summed E-state index contributed by atoms with van der Waals surface area (Å²) in [7, 11) is 0. The number of fused-ring (bicyclic) bond motifs is 1. The Bertz CT molecular complexity index is 1000. The fraction of sp³-hybridized carbons (Fsp3) is 0.320. The van der Waals surface area contributed by atoms with Crippen LogP contribution in [0.25, 0.3) is 6.08 Å². The van der Waals surface area contributed by atoms with Crippen LogP contribution in [0.5, 0.6) is 5.75 Å². The summed E-state index contributed by atoms with van der Waals surface area (Å²) >= 11 is 0. The van der Waals surface area contributed by atoms with Gasteiger partial charge in [-0.25, -0.2) is 4.79 Å². The number of esters is 1. The van der Waals surface area contributed by atoms with Crippen LogP contribution in [0.3, 0.4) is 0 Å². The van der Waals surface area contributed by atoms with Gasteiger partial charge in [-0.3, -0.25) is 4.79 Å². The van der Waals surface area contributed by atoms with E-state index in [1.165, 1.54) is 18.6 Å². The van der Waals surface area contributed by atoms with Gasteiger partial charge in [0.25, 0.3) is 5.91 Å². The smallest absolute Gasteiger partial charge is 0.349 e. The van der Waals surface area contributed by atoms with Gasteiger partial charge in [0.2, 0.25) is 0 Å². The first-order chi connectivity index (χ1) is 15.0. The summed E-state index contributed by atoms with van der Waals surface area (Å²) in [4.78, 5) is 25.1. The summed E-state index contributed by atoms with van der Waals surface area (Å²) < 4.78 is 10.6. The molecule has 0 aliphatic heterocycles. The highest BCUT2D eigenvalue weighted by Gasteiger charge is 2.26. The second-order valence-corrected chi connectivity index (χ2v) is 7.37. The zero-order valence-electron chi connectivity index (χ0n) is 17.8. The third kappa shape index (κ3) is 5.73. The predicted octanol–water partition coefficient (Wildman–Crippen LogP) is 4.12. The van der Waals surface area contributed by atoms with Crippen LogP contribution in [0.4, 0.5) is 0 Å². The number of nitriles is 1. The van der Waals surface area contributed by atoms with Crippen molar-refractivity contribution in [2.45, 2.75) is 45.3 Å². The number of nitrogens with zero attached hydrogens (tertiary/aromatic N) is 1. The van der Waals surface area contributed by atoms with E-state index in [4.69, 9.17) is 9.47 Å². The molecule has 1 amide bonds. The second-order valence-electron chi connectivity index (χ2n) is 7.37. The lowest BCUT2D eigenvalue weighted by Gasteiger charge is -2.27. The first-order valence-corrected chi connectivity index (χ1v) is 10.5. The highest BCUT2D eigenvalue weighted by molar-refractivity contribution is 5.99. The van der Waals surface area contributed by atoms with Crippen molar-refractivity contribution in [2.24, 2.45) is 0 Å². The number of benzene rings is 2. The molecule has 2 aromatic carbocycles. The lowest BCUT2D eigenvalue weighted by molar-refractivity contribution is -0.151. The maximum Gasteiger partial charge on any atom is 0.349 e. The average molecular weight is 418 g/mol. The van der Waals surface area contributed by atoms with Crippen molar-refractivity contribution in [1.29, 1.82) is 5.26 Å². The molecule has 0 radical (unpaired) electrons. The first kappa shape index (κ1) is 22.1. The minimum absolute atomic E-state index is 0.103. The Kier molecular flexibility index (Phi) is 7.45. The molecule has 0 saturated carbocycles. The van der Waals surface area contributed by atoms with E-state index in [0.29, 0.717) is 17.9 Å². The molecule has 6 nitrogen and oxygen atoms in total. The van der Waals surface area contributed by atoms with Gasteiger partial charge in [0.15, 0.2) is 6.10 Å². The third-order valence-electron chi connectivity index (χ3n) is 5.18. The van der Waals surface area contributed by atoms with E-state index in [1.54, 1.807) is 24.3 Å². The van der Waals surface area contributed by atoms with Gasteiger partial charge in [-0.2, -0.15) is 5.26 Å². The molecule has 3 rings (SSSR count).